The van der Waals surface area contributed by atoms with E-state index in [2.05, 4.69) is 15.5 Å². The second-order valence-corrected chi connectivity index (χ2v) is 7.18. The van der Waals surface area contributed by atoms with Crippen molar-refractivity contribution in [3.63, 3.8) is 0 Å². The first-order valence-corrected chi connectivity index (χ1v) is 9.15. The number of H-pyrrole nitrogens is 1. The average Bonchev–Trinajstić information content (AvgIpc) is 3.32. The van der Waals surface area contributed by atoms with Gasteiger partial charge in [0.2, 0.25) is 5.91 Å². The lowest BCUT2D eigenvalue weighted by molar-refractivity contribution is -0.121. The van der Waals surface area contributed by atoms with Crippen LogP contribution in [-0.2, 0) is 4.79 Å². The first kappa shape index (κ1) is 15.8. The maximum Gasteiger partial charge on any atom is 0.263 e. The Balaban J connectivity index is 1.43. The van der Waals surface area contributed by atoms with E-state index in [9.17, 15) is 9.59 Å². The summed E-state index contributed by atoms with van der Waals surface area (Å²) >= 11 is 1.44. The summed E-state index contributed by atoms with van der Waals surface area (Å²) in [5.74, 6) is -0.198. The van der Waals surface area contributed by atoms with Crippen LogP contribution in [0.25, 0.3) is 10.9 Å². The molecule has 3 heterocycles. The molecule has 1 aliphatic rings. The number of fused-ring (bicyclic) bond motifs is 1. The molecular formula is C18H18N4O2S. The van der Waals surface area contributed by atoms with Crippen molar-refractivity contribution in [3.05, 3.63) is 46.8 Å². The molecule has 1 unspecified atom stereocenters. The van der Waals surface area contributed by atoms with Crippen molar-refractivity contribution >= 4 is 39.7 Å². The minimum absolute atomic E-state index is 0.0207. The van der Waals surface area contributed by atoms with E-state index in [4.69, 9.17) is 0 Å². The maximum absolute atomic E-state index is 12.6. The standard InChI is InChI=1S/C18H18N4O2S/c23-17(20-14-5-6-15-13(9-14)10-19-21-15)12-3-1-7-22(11-12)18(24)16-4-2-8-25-16/h2,4-6,8-10,12H,1,3,7,11H2,(H,19,21)(H,20,23). The van der Waals surface area contributed by atoms with E-state index in [0.717, 1.165) is 34.3 Å². The molecule has 0 aliphatic carbocycles. The molecule has 1 saturated heterocycles. The number of thiophene rings is 1. The lowest BCUT2D eigenvalue weighted by Crippen LogP contribution is -2.43. The fourth-order valence-corrected chi connectivity index (χ4v) is 3.89. The molecule has 2 aromatic heterocycles. The van der Waals surface area contributed by atoms with Crippen LogP contribution in [0.2, 0.25) is 0 Å². The minimum Gasteiger partial charge on any atom is -0.337 e. The number of nitrogens with zero attached hydrogens (tertiary/aromatic N) is 2. The lowest BCUT2D eigenvalue weighted by Gasteiger charge is -2.31. The number of likely N-dealkylation sites (tertiary alicyclic amines) is 1. The number of carbonyl (C=O) groups is 2. The molecule has 2 amide bonds. The molecular weight excluding hydrogens is 336 g/mol. The minimum atomic E-state index is -0.183. The van der Waals surface area contributed by atoms with Crippen LogP contribution >= 0.6 is 11.3 Å². The Morgan fingerprint density at radius 3 is 3.08 bits per heavy atom. The van der Waals surface area contributed by atoms with Crippen LogP contribution in [-0.4, -0.2) is 40.0 Å². The van der Waals surface area contributed by atoms with Gasteiger partial charge in [0.1, 0.15) is 0 Å². The van der Waals surface area contributed by atoms with E-state index in [0.29, 0.717) is 13.1 Å². The van der Waals surface area contributed by atoms with Crippen molar-refractivity contribution < 1.29 is 9.59 Å². The Morgan fingerprint density at radius 1 is 1.32 bits per heavy atom. The summed E-state index contributed by atoms with van der Waals surface area (Å²) in [7, 11) is 0. The monoisotopic (exact) mass is 354 g/mol. The highest BCUT2D eigenvalue weighted by atomic mass is 32.1. The summed E-state index contributed by atoms with van der Waals surface area (Å²) in [6.07, 6.45) is 3.37. The predicted molar refractivity (Wildman–Crippen MR) is 97.7 cm³/mol. The summed E-state index contributed by atoms with van der Waals surface area (Å²) in [5.41, 5.74) is 1.68. The average molecular weight is 354 g/mol. The summed E-state index contributed by atoms with van der Waals surface area (Å²) in [6.45, 7) is 1.18. The summed E-state index contributed by atoms with van der Waals surface area (Å²) in [5, 5.41) is 12.7. The van der Waals surface area contributed by atoms with Crippen molar-refractivity contribution in [1.29, 1.82) is 0 Å². The fourth-order valence-electron chi connectivity index (χ4n) is 3.20. The van der Waals surface area contributed by atoms with Gasteiger partial charge in [0.25, 0.3) is 5.91 Å². The third-order valence-corrected chi connectivity index (χ3v) is 5.38. The van der Waals surface area contributed by atoms with E-state index in [1.165, 1.54) is 11.3 Å². The van der Waals surface area contributed by atoms with Crippen LogP contribution in [0.1, 0.15) is 22.5 Å². The zero-order chi connectivity index (χ0) is 17.2. The van der Waals surface area contributed by atoms with Gasteiger partial charge < -0.3 is 10.2 Å². The van der Waals surface area contributed by atoms with Gasteiger partial charge in [-0.25, -0.2) is 0 Å². The molecule has 6 nitrogen and oxygen atoms in total. The number of carbonyl (C=O) groups excluding carboxylic acids is 2. The first-order chi connectivity index (χ1) is 12.2. The van der Waals surface area contributed by atoms with E-state index in [1.807, 2.05) is 35.7 Å². The highest BCUT2D eigenvalue weighted by Crippen LogP contribution is 2.23. The van der Waals surface area contributed by atoms with Gasteiger partial charge in [-0.1, -0.05) is 6.07 Å². The number of amides is 2. The largest absolute Gasteiger partial charge is 0.337 e. The molecule has 1 fully saturated rings. The number of aromatic amines is 1. The quantitative estimate of drug-likeness (QED) is 0.758. The molecule has 0 spiro atoms. The number of hydrogen-bond donors (Lipinski definition) is 2. The molecule has 25 heavy (non-hydrogen) atoms. The zero-order valence-electron chi connectivity index (χ0n) is 13.6. The molecule has 1 aromatic carbocycles. The second-order valence-electron chi connectivity index (χ2n) is 6.23. The lowest BCUT2D eigenvalue weighted by atomic mass is 9.96. The second kappa shape index (κ2) is 6.68. The van der Waals surface area contributed by atoms with Gasteiger partial charge in [-0.15, -0.1) is 11.3 Å². The van der Waals surface area contributed by atoms with E-state index in [-0.39, 0.29) is 17.7 Å². The molecule has 4 rings (SSSR count). The van der Waals surface area contributed by atoms with Crippen molar-refractivity contribution in [2.45, 2.75) is 12.8 Å². The van der Waals surface area contributed by atoms with Gasteiger partial charge in [-0.3, -0.25) is 14.7 Å². The predicted octanol–water partition coefficient (Wildman–Crippen LogP) is 3.12. The van der Waals surface area contributed by atoms with Gasteiger partial charge >= 0.3 is 0 Å². The van der Waals surface area contributed by atoms with Gasteiger partial charge in [-0.2, -0.15) is 5.10 Å². The van der Waals surface area contributed by atoms with E-state index < -0.39 is 0 Å². The Morgan fingerprint density at radius 2 is 2.24 bits per heavy atom. The van der Waals surface area contributed by atoms with Crippen molar-refractivity contribution in [3.8, 4) is 0 Å². The number of anilines is 1. The molecule has 7 heteroatoms. The molecule has 0 radical (unpaired) electrons. The third kappa shape index (κ3) is 3.28. The van der Waals surface area contributed by atoms with Crippen LogP contribution < -0.4 is 5.32 Å². The Hall–Kier alpha value is -2.67. The van der Waals surface area contributed by atoms with E-state index in [1.54, 1.807) is 11.1 Å². The highest BCUT2D eigenvalue weighted by Gasteiger charge is 2.29. The molecule has 3 aromatic rings. The Labute approximate surface area is 148 Å². The Bertz CT molecular complexity index is 903. The first-order valence-electron chi connectivity index (χ1n) is 8.27. The summed E-state index contributed by atoms with van der Waals surface area (Å²) < 4.78 is 0. The number of piperidine rings is 1. The molecule has 128 valence electrons. The topological polar surface area (TPSA) is 78.1 Å². The molecule has 0 saturated carbocycles. The number of nitrogens with one attached hydrogen (secondary N) is 2. The van der Waals surface area contributed by atoms with Crippen LogP contribution in [0.4, 0.5) is 5.69 Å². The number of hydrogen-bond acceptors (Lipinski definition) is 4. The van der Waals surface area contributed by atoms with Crippen molar-refractivity contribution in [2.75, 3.05) is 18.4 Å². The normalized spacial score (nSPS) is 17.6. The van der Waals surface area contributed by atoms with Crippen molar-refractivity contribution in [1.82, 2.24) is 15.1 Å². The molecule has 0 bridgehead atoms. The van der Waals surface area contributed by atoms with Crippen LogP contribution in [0.5, 0.6) is 0 Å². The number of benzene rings is 1. The van der Waals surface area contributed by atoms with Gasteiger partial charge in [0.15, 0.2) is 0 Å². The van der Waals surface area contributed by atoms with Crippen LogP contribution in [0.15, 0.2) is 41.9 Å². The van der Waals surface area contributed by atoms with Crippen LogP contribution in [0.3, 0.4) is 0 Å². The number of rotatable bonds is 3. The maximum atomic E-state index is 12.6. The highest BCUT2D eigenvalue weighted by molar-refractivity contribution is 7.12. The van der Waals surface area contributed by atoms with Gasteiger partial charge in [-0.05, 0) is 42.5 Å². The molecule has 1 atom stereocenters. The Kier molecular flexibility index (Phi) is 4.23. The summed E-state index contributed by atoms with van der Waals surface area (Å²) in [6, 6.07) is 9.35. The third-order valence-electron chi connectivity index (χ3n) is 4.52. The number of aromatic nitrogens is 2. The fraction of sp³-hybridized carbons (Fsp3) is 0.278. The van der Waals surface area contributed by atoms with Crippen LogP contribution in [0, 0.1) is 5.92 Å². The zero-order valence-corrected chi connectivity index (χ0v) is 14.4. The summed E-state index contributed by atoms with van der Waals surface area (Å²) in [4.78, 5) is 27.6. The smallest absolute Gasteiger partial charge is 0.263 e. The van der Waals surface area contributed by atoms with Gasteiger partial charge in [0.05, 0.1) is 22.5 Å². The molecule has 1 aliphatic heterocycles. The molecule has 2 N–H and O–H groups in total. The SMILES string of the molecule is O=C(Nc1ccc2[nH]ncc2c1)C1CCCN(C(=O)c2cccs2)C1. The van der Waals surface area contributed by atoms with Gasteiger partial charge in [0, 0.05) is 24.2 Å². The van der Waals surface area contributed by atoms with E-state index >= 15 is 0 Å². The van der Waals surface area contributed by atoms with Crippen molar-refractivity contribution in [2.24, 2.45) is 5.92 Å².